The number of hydrogen-bond acceptors (Lipinski definition) is 4. The summed E-state index contributed by atoms with van der Waals surface area (Å²) in [6.07, 6.45) is 3.61. The largest absolute Gasteiger partial charge is 0.458 e. The number of carbonyl (C=O) groups excluding carboxylic acids is 1. The van der Waals surface area contributed by atoms with Gasteiger partial charge in [-0.1, -0.05) is 24.3 Å². The van der Waals surface area contributed by atoms with Gasteiger partial charge in [-0.15, -0.1) is 0 Å². The van der Waals surface area contributed by atoms with Crippen LogP contribution in [-0.4, -0.2) is 20.4 Å². The highest BCUT2D eigenvalue weighted by molar-refractivity contribution is 6.00. The molecule has 5 nitrogen and oxygen atoms in total. The van der Waals surface area contributed by atoms with Crippen LogP contribution in [0.3, 0.4) is 0 Å². The lowest BCUT2D eigenvalue weighted by molar-refractivity contribution is 0.0558. The molecule has 0 radical (unpaired) electrons. The molecule has 1 aliphatic heterocycles. The van der Waals surface area contributed by atoms with E-state index in [4.69, 9.17) is 4.42 Å². The van der Waals surface area contributed by atoms with Gasteiger partial charge in [0.1, 0.15) is 22.8 Å². The van der Waals surface area contributed by atoms with E-state index >= 15 is 0 Å². The minimum Gasteiger partial charge on any atom is -0.458 e. The third-order valence-electron chi connectivity index (χ3n) is 5.49. The van der Waals surface area contributed by atoms with Crippen molar-refractivity contribution in [2.24, 2.45) is 0 Å². The van der Waals surface area contributed by atoms with E-state index in [0.717, 1.165) is 16.8 Å². The molecule has 146 valence electrons. The van der Waals surface area contributed by atoms with Gasteiger partial charge in [-0.3, -0.25) is 4.79 Å². The molecule has 0 spiro atoms. The Morgan fingerprint density at radius 1 is 1.28 bits per heavy atom. The Kier molecular flexibility index (Phi) is 3.76. The summed E-state index contributed by atoms with van der Waals surface area (Å²) in [5.74, 6) is -0.600. The smallest absolute Gasteiger partial charge is 0.168 e. The number of aromatic nitrogens is 2. The van der Waals surface area contributed by atoms with Crippen molar-refractivity contribution < 1.29 is 18.7 Å². The average molecular weight is 390 g/mol. The van der Waals surface area contributed by atoms with Gasteiger partial charge in [-0.25, -0.2) is 9.37 Å². The Morgan fingerprint density at radius 3 is 2.86 bits per heavy atom. The summed E-state index contributed by atoms with van der Waals surface area (Å²) >= 11 is 0. The van der Waals surface area contributed by atoms with Crippen molar-refractivity contribution >= 4 is 16.8 Å². The number of hydrogen-bond donors (Lipinski definition) is 1. The first-order valence-corrected chi connectivity index (χ1v) is 9.43. The molecule has 0 saturated carbocycles. The zero-order valence-electron chi connectivity index (χ0n) is 16.0. The SMILES string of the molecule is CC(C)(O)c1cc2cc(C(=O)CC3c4ccccc4-c4cncn43)c(F)cc2o1. The van der Waals surface area contributed by atoms with Crippen molar-refractivity contribution in [2.75, 3.05) is 0 Å². The number of Topliss-reactive ketones (excluding diaryl/α,β-unsaturated/α-hetero) is 1. The number of aliphatic hydroxyl groups is 1. The third-order valence-corrected chi connectivity index (χ3v) is 5.49. The van der Waals surface area contributed by atoms with E-state index in [9.17, 15) is 14.3 Å². The fraction of sp³-hybridized carbons (Fsp3) is 0.217. The zero-order valence-corrected chi connectivity index (χ0v) is 16.0. The Labute approximate surface area is 166 Å². The van der Waals surface area contributed by atoms with E-state index in [1.165, 1.54) is 12.1 Å². The van der Waals surface area contributed by atoms with Gasteiger partial charge in [0.2, 0.25) is 0 Å². The molecule has 1 atom stereocenters. The summed E-state index contributed by atoms with van der Waals surface area (Å²) in [7, 11) is 0. The molecular weight excluding hydrogens is 371 g/mol. The molecule has 0 saturated heterocycles. The number of benzene rings is 2. The lowest BCUT2D eigenvalue weighted by Gasteiger charge is -2.14. The first-order valence-electron chi connectivity index (χ1n) is 9.43. The Hall–Kier alpha value is -3.25. The molecule has 1 aliphatic rings. The number of furan rings is 1. The molecule has 4 aromatic rings. The lowest BCUT2D eigenvalue weighted by Crippen LogP contribution is -2.13. The van der Waals surface area contributed by atoms with Crippen LogP contribution >= 0.6 is 0 Å². The minimum atomic E-state index is -1.19. The van der Waals surface area contributed by atoms with Gasteiger partial charge >= 0.3 is 0 Å². The van der Waals surface area contributed by atoms with Crippen LogP contribution in [-0.2, 0) is 5.60 Å². The topological polar surface area (TPSA) is 68.3 Å². The van der Waals surface area contributed by atoms with E-state index in [1.807, 2.05) is 28.8 Å². The number of halogens is 1. The molecule has 5 rings (SSSR count). The summed E-state index contributed by atoms with van der Waals surface area (Å²) in [6, 6.07) is 12.0. The summed E-state index contributed by atoms with van der Waals surface area (Å²) in [4.78, 5) is 17.3. The standard InChI is InChI=1S/C23H19FN2O3/c1-23(2,28)22-8-13-7-16(17(24)9-21(13)29-22)20(27)10-18-14-5-3-4-6-15(14)19-11-25-12-26(18)19/h3-9,11-12,18,28H,10H2,1-2H3. The molecule has 0 amide bonds. The monoisotopic (exact) mass is 390 g/mol. The highest BCUT2D eigenvalue weighted by Gasteiger charge is 2.31. The van der Waals surface area contributed by atoms with Crippen molar-refractivity contribution in [2.45, 2.75) is 31.9 Å². The van der Waals surface area contributed by atoms with Gasteiger partial charge in [0.15, 0.2) is 5.78 Å². The molecule has 29 heavy (non-hydrogen) atoms. The second-order valence-corrected chi connectivity index (χ2v) is 7.96. The molecule has 0 bridgehead atoms. The van der Waals surface area contributed by atoms with Crippen LogP contribution in [0.25, 0.3) is 22.2 Å². The van der Waals surface area contributed by atoms with Gasteiger partial charge in [0.25, 0.3) is 0 Å². The predicted molar refractivity (Wildman–Crippen MR) is 106 cm³/mol. The maximum absolute atomic E-state index is 14.7. The molecule has 3 heterocycles. The lowest BCUT2D eigenvalue weighted by atomic mass is 9.96. The quantitative estimate of drug-likeness (QED) is 0.507. The van der Waals surface area contributed by atoms with Crippen molar-refractivity contribution in [1.29, 1.82) is 0 Å². The van der Waals surface area contributed by atoms with Crippen LogP contribution in [0.5, 0.6) is 0 Å². The van der Waals surface area contributed by atoms with Crippen LogP contribution in [0.15, 0.2) is 59.4 Å². The normalized spacial score (nSPS) is 15.5. The molecule has 1 N–H and O–H groups in total. The van der Waals surface area contributed by atoms with E-state index in [-0.39, 0.29) is 23.8 Å². The second-order valence-electron chi connectivity index (χ2n) is 7.96. The summed E-state index contributed by atoms with van der Waals surface area (Å²) < 4.78 is 22.2. The molecule has 2 aromatic carbocycles. The van der Waals surface area contributed by atoms with Crippen molar-refractivity contribution in [1.82, 2.24) is 9.55 Å². The van der Waals surface area contributed by atoms with Crippen molar-refractivity contribution in [3.8, 4) is 11.3 Å². The number of carbonyl (C=O) groups is 1. The van der Waals surface area contributed by atoms with Crippen LogP contribution in [0.1, 0.15) is 48.0 Å². The summed E-state index contributed by atoms with van der Waals surface area (Å²) in [5.41, 5.74) is 2.17. The fourth-order valence-electron chi connectivity index (χ4n) is 4.00. The molecule has 6 heteroatoms. The van der Waals surface area contributed by atoms with Gasteiger partial charge in [0.05, 0.1) is 29.8 Å². The molecule has 0 fully saturated rings. The fourth-order valence-corrected chi connectivity index (χ4v) is 4.00. The third kappa shape index (κ3) is 2.79. The molecule has 2 aromatic heterocycles. The number of nitrogens with zero attached hydrogens (tertiary/aromatic N) is 2. The second kappa shape index (κ2) is 6.12. The number of fused-ring (bicyclic) bond motifs is 4. The highest BCUT2D eigenvalue weighted by Crippen LogP contribution is 2.41. The predicted octanol–water partition coefficient (Wildman–Crippen LogP) is 4.84. The first kappa shape index (κ1) is 17.8. The van der Waals surface area contributed by atoms with E-state index < -0.39 is 11.4 Å². The maximum atomic E-state index is 14.7. The van der Waals surface area contributed by atoms with Crippen LogP contribution in [0.2, 0.25) is 0 Å². The Bertz CT molecular complexity index is 1260. The van der Waals surface area contributed by atoms with Crippen LogP contribution in [0, 0.1) is 5.82 Å². The number of rotatable bonds is 4. The van der Waals surface area contributed by atoms with Gasteiger partial charge < -0.3 is 14.1 Å². The van der Waals surface area contributed by atoms with E-state index in [1.54, 1.807) is 32.4 Å². The zero-order chi connectivity index (χ0) is 20.3. The highest BCUT2D eigenvalue weighted by atomic mass is 19.1. The molecule has 1 unspecified atom stereocenters. The average Bonchev–Trinajstić information content (AvgIpc) is 3.36. The van der Waals surface area contributed by atoms with Crippen LogP contribution in [0.4, 0.5) is 4.39 Å². The summed E-state index contributed by atoms with van der Waals surface area (Å²) in [6.45, 7) is 3.18. The van der Waals surface area contributed by atoms with E-state index in [0.29, 0.717) is 16.7 Å². The van der Waals surface area contributed by atoms with Gasteiger partial charge in [0, 0.05) is 23.4 Å². The minimum absolute atomic E-state index is 0.0200. The molecular formula is C23H19FN2O3. The van der Waals surface area contributed by atoms with Crippen molar-refractivity contribution in [3.05, 3.63) is 77.7 Å². The van der Waals surface area contributed by atoms with Crippen LogP contribution < -0.4 is 0 Å². The number of ketones is 1. The summed E-state index contributed by atoms with van der Waals surface area (Å²) in [5, 5.41) is 10.7. The Morgan fingerprint density at radius 2 is 2.07 bits per heavy atom. The first-order chi connectivity index (χ1) is 13.8. The molecule has 0 aliphatic carbocycles. The van der Waals surface area contributed by atoms with E-state index in [2.05, 4.69) is 4.98 Å². The van der Waals surface area contributed by atoms with Gasteiger partial charge in [-0.05, 0) is 31.5 Å². The Balaban J connectivity index is 1.52. The maximum Gasteiger partial charge on any atom is 0.168 e. The van der Waals surface area contributed by atoms with Crippen molar-refractivity contribution in [3.63, 3.8) is 0 Å². The van der Waals surface area contributed by atoms with Gasteiger partial charge in [-0.2, -0.15) is 0 Å². The number of imidazole rings is 1.